The van der Waals surface area contributed by atoms with Crippen LogP contribution in [0.2, 0.25) is 0 Å². The number of carbonyl (C=O) groups is 2. The fraction of sp³-hybridized carbons (Fsp3) is 0.263. The van der Waals surface area contributed by atoms with E-state index in [0.29, 0.717) is 31.6 Å². The van der Waals surface area contributed by atoms with Gasteiger partial charge in [0.25, 0.3) is 0 Å². The molecule has 0 radical (unpaired) electrons. The lowest BCUT2D eigenvalue weighted by Crippen LogP contribution is -2.37. The zero-order valence-corrected chi connectivity index (χ0v) is 13.7. The Morgan fingerprint density at radius 3 is 2.50 bits per heavy atom. The van der Waals surface area contributed by atoms with Crippen LogP contribution in [0.3, 0.4) is 0 Å². The second-order valence-electron chi connectivity index (χ2n) is 5.49. The summed E-state index contributed by atoms with van der Waals surface area (Å²) in [5.74, 6) is -0.661. The summed E-state index contributed by atoms with van der Waals surface area (Å²) >= 11 is 0. The van der Waals surface area contributed by atoms with Gasteiger partial charge in [-0.3, -0.25) is 9.59 Å². The molecule has 1 N–H and O–H groups in total. The monoisotopic (exact) mass is 328 g/mol. The molecular weight excluding hydrogens is 307 g/mol. The van der Waals surface area contributed by atoms with E-state index in [4.69, 9.17) is 0 Å². The van der Waals surface area contributed by atoms with Crippen LogP contribution in [0.15, 0.2) is 54.6 Å². The van der Waals surface area contributed by atoms with Gasteiger partial charge in [-0.05, 0) is 30.2 Å². The molecular formula is C19H21FN2O2. The molecule has 24 heavy (non-hydrogen) atoms. The van der Waals surface area contributed by atoms with Crippen LogP contribution in [0.4, 0.5) is 10.1 Å². The number of hydrogen-bond donors (Lipinski definition) is 1. The van der Waals surface area contributed by atoms with Crippen molar-refractivity contribution in [1.82, 2.24) is 5.32 Å². The molecule has 0 spiro atoms. The van der Waals surface area contributed by atoms with Crippen molar-refractivity contribution < 1.29 is 14.0 Å². The third-order valence-corrected chi connectivity index (χ3v) is 3.64. The normalized spacial score (nSPS) is 10.2. The summed E-state index contributed by atoms with van der Waals surface area (Å²) in [5, 5.41) is 2.80. The first-order chi connectivity index (χ1) is 11.6. The topological polar surface area (TPSA) is 49.4 Å². The first-order valence-corrected chi connectivity index (χ1v) is 7.90. The Labute approximate surface area is 141 Å². The molecule has 0 fully saturated rings. The minimum Gasteiger partial charge on any atom is -0.354 e. The SMILES string of the molecule is CC(=O)N(CCNC(=O)CCc1ccccc1)c1cccc(F)c1. The van der Waals surface area contributed by atoms with Crippen LogP contribution < -0.4 is 10.2 Å². The number of nitrogens with one attached hydrogen (secondary N) is 1. The van der Waals surface area contributed by atoms with Crippen molar-refractivity contribution in [2.45, 2.75) is 19.8 Å². The van der Waals surface area contributed by atoms with Crippen molar-refractivity contribution in [2.75, 3.05) is 18.0 Å². The molecule has 0 aliphatic carbocycles. The van der Waals surface area contributed by atoms with E-state index in [1.54, 1.807) is 12.1 Å². The van der Waals surface area contributed by atoms with Gasteiger partial charge in [-0.15, -0.1) is 0 Å². The fourth-order valence-corrected chi connectivity index (χ4v) is 2.41. The number of benzene rings is 2. The molecule has 0 saturated carbocycles. The Bertz CT molecular complexity index is 689. The van der Waals surface area contributed by atoms with E-state index in [2.05, 4.69) is 5.32 Å². The van der Waals surface area contributed by atoms with Gasteiger partial charge in [0.05, 0.1) is 0 Å². The van der Waals surface area contributed by atoms with Crippen molar-refractivity contribution in [2.24, 2.45) is 0 Å². The number of hydrogen-bond acceptors (Lipinski definition) is 2. The maximum atomic E-state index is 13.3. The molecule has 0 aliphatic heterocycles. The number of amides is 2. The number of nitrogens with zero attached hydrogens (tertiary/aromatic N) is 1. The predicted octanol–water partition coefficient (Wildman–Crippen LogP) is 2.93. The Morgan fingerprint density at radius 2 is 1.83 bits per heavy atom. The van der Waals surface area contributed by atoms with Gasteiger partial charge in [0, 0.05) is 32.1 Å². The molecule has 0 atom stereocenters. The molecule has 0 bridgehead atoms. The number of carbonyl (C=O) groups excluding carboxylic acids is 2. The van der Waals surface area contributed by atoms with Gasteiger partial charge >= 0.3 is 0 Å². The van der Waals surface area contributed by atoms with E-state index < -0.39 is 5.82 Å². The van der Waals surface area contributed by atoms with Crippen LogP contribution in [0.25, 0.3) is 0 Å². The molecule has 2 rings (SSSR count). The van der Waals surface area contributed by atoms with Gasteiger partial charge in [-0.1, -0.05) is 36.4 Å². The Hall–Kier alpha value is -2.69. The summed E-state index contributed by atoms with van der Waals surface area (Å²) in [7, 11) is 0. The maximum Gasteiger partial charge on any atom is 0.223 e. The number of aryl methyl sites for hydroxylation is 1. The van der Waals surface area contributed by atoms with Crippen LogP contribution in [-0.2, 0) is 16.0 Å². The van der Waals surface area contributed by atoms with Crippen LogP contribution in [0, 0.1) is 5.82 Å². The fourth-order valence-electron chi connectivity index (χ4n) is 2.41. The van der Waals surface area contributed by atoms with Crippen LogP contribution in [0.1, 0.15) is 18.9 Å². The maximum absolute atomic E-state index is 13.3. The largest absolute Gasteiger partial charge is 0.354 e. The summed E-state index contributed by atoms with van der Waals surface area (Å²) < 4.78 is 13.3. The van der Waals surface area contributed by atoms with E-state index in [-0.39, 0.29) is 11.8 Å². The number of rotatable bonds is 7. The lowest BCUT2D eigenvalue weighted by molar-refractivity contribution is -0.121. The third-order valence-electron chi connectivity index (χ3n) is 3.64. The van der Waals surface area contributed by atoms with E-state index in [1.165, 1.54) is 24.0 Å². The molecule has 0 heterocycles. The summed E-state index contributed by atoms with van der Waals surface area (Å²) in [6, 6.07) is 15.6. The van der Waals surface area contributed by atoms with Crippen molar-refractivity contribution in [3.05, 3.63) is 66.0 Å². The molecule has 2 aromatic rings. The van der Waals surface area contributed by atoms with E-state index >= 15 is 0 Å². The Kier molecular flexibility index (Phi) is 6.49. The lowest BCUT2D eigenvalue weighted by Gasteiger charge is -2.21. The van der Waals surface area contributed by atoms with Gasteiger partial charge in [0.2, 0.25) is 11.8 Å². The summed E-state index contributed by atoms with van der Waals surface area (Å²) in [6.45, 7) is 2.04. The number of anilines is 1. The zero-order chi connectivity index (χ0) is 17.4. The van der Waals surface area contributed by atoms with Crippen LogP contribution in [-0.4, -0.2) is 24.9 Å². The quantitative estimate of drug-likeness (QED) is 0.849. The molecule has 0 aliphatic rings. The van der Waals surface area contributed by atoms with Gasteiger partial charge in [-0.2, -0.15) is 0 Å². The predicted molar refractivity (Wildman–Crippen MR) is 92.2 cm³/mol. The first-order valence-electron chi connectivity index (χ1n) is 7.90. The third kappa shape index (κ3) is 5.50. The lowest BCUT2D eigenvalue weighted by atomic mass is 10.1. The summed E-state index contributed by atoms with van der Waals surface area (Å²) in [4.78, 5) is 25.1. The van der Waals surface area contributed by atoms with Gasteiger partial charge in [-0.25, -0.2) is 4.39 Å². The van der Waals surface area contributed by atoms with E-state index in [9.17, 15) is 14.0 Å². The summed E-state index contributed by atoms with van der Waals surface area (Å²) in [5.41, 5.74) is 1.60. The highest BCUT2D eigenvalue weighted by Gasteiger charge is 2.12. The van der Waals surface area contributed by atoms with E-state index in [0.717, 1.165) is 5.56 Å². The van der Waals surface area contributed by atoms with Gasteiger partial charge in [0.15, 0.2) is 0 Å². The molecule has 2 aromatic carbocycles. The Balaban J connectivity index is 1.80. The second-order valence-corrected chi connectivity index (χ2v) is 5.49. The smallest absolute Gasteiger partial charge is 0.223 e. The molecule has 0 unspecified atom stereocenters. The molecule has 126 valence electrons. The van der Waals surface area contributed by atoms with Crippen molar-refractivity contribution in [3.63, 3.8) is 0 Å². The van der Waals surface area contributed by atoms with Crippen molar-refractivity contribution in [1.29, 1.82) is 0 Å². The highest BCUT2D eigenvalue weighted by atomic mass is 19.1. The van der Waals surface area contributed by atoms with Gasteiger partial charge < -0.3 is 10.2 Å². The van der Waals surface area contributed by atoms with Crippen LogP contribution in [0.5, 0.6) is 0 Å². The average Bonchev–Trinajstić information content (AvgIpc) is 2.57. The first kappa shape index (κ1) is 17.7. The molecule has 0 aromatic heterocycles. The second kappa shape index (κ2) is 8.82. The molecule has 2 amide bonds. The standard InChI is InChI=1S/C19H21FN2O2/c1-15(23)22(18-9-5-8-17(20)14-18)13-12-21-19(24)11-10-16-6-3-2-4-7-16/h2-9,14H,10-13H2,1H3,(H,21,24). The van der Waals surface area contributed by atoms with E-state index in [1.807, 2.05) is 30.3 Å². The Morgan fingerprint density at radius 1 is 1.08 bits per heavy atom. The highest BCUT2D eigenvalue weighted by molar-refractivity contribution is 5.91. The minimum atomic E-state index is -0.398. The minimum absolute atomic E-state index is 0.0680. The van der Waals surface area contributed by atoms with Gasteiger partial charge in [0.1, 0.15) is 5.82 Å². The summed E-state index contributed by atoms with van der Waals surface area (Å²) in [6.07, 6.45) is 1.07. The van der Waals surface area contributed by atoms with Crippen LogP contribution >= 0.6 is 0 Å². The molecule has 4 nitrogen and oxygen atoms in total. The van der Waals surface area contributed by atoms with Crippen molar-refractivity contribution in [3.8, 4) is 0 Å². The molecule has 0 saturated heterocycles. The highest BCUT2D eigenvalue weighted by Crippen LogP contribution is 2.15. The number of halogens is 1. The average molecular weight is 328 g/mol. The zero-order valence-electron chi connectivity index (χ0n) is 13.7. The molecule has 5 heteroatoms. The van der Waals surface area contributed by atoms with Crippen molar-refractivity contribution >= 4 is 17.5 Å².